The molecule has 2 aromatic rings. The quantitative estimate of drug-likeness (QED) is 0.837. The van der Waals surface area contributed by atoms with Gasteiger partial charge in [0, 0.05) is 25.2 Å². The van der Waals surface area contributed by atoms with Crippen molar-refractivity contribution in [3.63, 3.8) is 0 Å². The van der Waals surface area contributed by atoms with Crippen LogP contribution in [-0.4, -0.2) is 41.0 Å². The van der Waals surface area contributed by atoms with Gasteiger partial charge in [-0.3, -0.25) is 9.48 Å². The van der Waals surface area contributed by atoms with Crippen LogP contribution in [0.3, 0.4) is 0 Å². The molecule has 0 saturated carbocycles. The van der Waals surface area contributed by atoms with E-state index in [2.05, 4.69) is 5.10 Å². The van der Waals surface area contributed by atoms with E-state index in [1.807, 2.05) is 0 Å². The van der Waals surface area contributed by atoms with Crippen LogP contribution in [0.4, 0.5) is 0 Å². The lowest BCUT2D eigenvalue weighted by molar-refractivity contribution is -0.125. The van der Waals surface area contributed by atoms with E-state index < -0.39 is 18.0 Å². The molecule has 8 heteroatoms. The summed E-state index contributed by atoms with van der Waals surface area (Å²) in [5, 5.41) is 4.33. The van der Waals surface area contributed by atoms with E-state index in [1.54, 1.807) is 25.2 Å². The van der Waals surface area contributed by atoms with Crippen LogP contribution in [0.2, 0.25) is 0 Å². The molecule has 1 amide bonds. The average Bonchev–Trinajstić information content (AvgIpc) is 2.82. The van der Waals surface area contributed by atoms with Gasteiger partial charge in [0.05, 0.1) is 13.2 Å². The first-order chi connectivity index (χ1) is 12.0. The zero-order chi connectivity index (χ0) is 18.0. The molecule has 0 aliphatic carbocycles. The third kappa shape index (κ3) is 3.57. The van der Waals surface area contributed by atoms with E-state index in [-0.39, 0.29) is 5.56 Å². The van der Waals surface area contributed by atoms with Crippen LogP contribution >= 0.6 is 0 Å². The molecule has 1 aliphatic heterocycles. The summed E-state index contributed by atoms with van der Waals surface area (Å²) < 4.78 is 17.9. The maximum Gasteiger partial charge on any atom is 0.342 e. The van der Waals surface area contributed by atoms with E-state index in [0.29, 0.717) is 36.0 Å². The Bertz CT molecular complexity index is 815. The third-order valence-corrected chi connectivity index (χ3v) is 3.75. The first-order valence-electron chi connectivity index (χ1n) is 7.89. The van der Waals surface area contributed by atoms with Crippen LogP contribution in [0.1, 0.15) is 23.7 Å². The van der Waals surface area contributed by atoms with Crippen LogP contribution in [0.15, 0.2) is 24.4 Å². The Labute approximate surface area is 144 Å². The Morgan fingerprint density at radius 3 is 2.72 bits per heavy atom. The van der Waals surface area contributed by atoms with Crippen LogP contribution < -0.4 is 15.2 Å². The zero-order valence-electron chi connectivity index (χ0n) is 14.0. The Hall–Kier alpha value is -3.03. The Balaban J connectivity index is 1.94. The number of nitrogens with zero attached hydrogens (tertiary/aromatic N) is 2. The van der Waals surface area contributed by atoms with Crippen molar-refractivity contribution in [2.24, 2.45) is 12.8 Å². The Morgan fingerprint density at radius 2 is 2.00 bits per heavy atom. The van der Waals surface area contributed by atoms with Gasteiger partial charge in [0.25, 0.3) is 5.91 Å². The van der Waals surface area contributed by atoms with Gasteiger partial charge in [-0.05, 0) is 25.1 Å². The van der Waals surface area contributed by atoms with Crippen molar-refractivity contribution < 1.29 is 23.8 Å². The van der Waals surface area contributed by atoms with Crippen molar-refractivity contribution in [3.05, 3.63) is 30.0 Å². The molecule has 1 aromatic carbocycles. The lowest BCUT2D eigenvalue weighted by atomic mass is 10.1. The predicted octanol–water partition coefficient (Wildman–Crippen LogP) is 1.28. The number of rotatable bonds is 4. The second-order valence-corrected chi connectivity index (χ2v) is 5.73. The number of primary amides is 1. The number of aryl methyl sites for hydroxylation is 1. The summed E-state index contributed by atoms with van der Waals surface area (Å²) in [5.41, 5.74) is 6.50. The Kier molecular flexibility index (Phi) is 4.60. The summed E-state index contributed by atoms with van der Waals surface area (Å²) in [4.78, 5) is 23.5. The molecule has 0 unspecified atom stereocenters. The largest absolute Gasteiger partial charge is 0.490 e. The topological polar surface area (TPSA) is 106 Å². The predicted molar refractivity (Wildman–Crippen MR) is 88.3 cm³/mol. The van der Waals surface area contributed by atoms with Gasteiger partial charge in [-0.2, -0.15) is 5.10 Å². The fraction of sp³-hybridized carbons (Fsp3) is 0.353. The van der Waals surface area contributed by atoms with Gasteiger partial charge in [-0.25, -0.2) is 4.79 Å². The summed E-state index contributed by atoms with van der Waals surface area (Å²) in [7, 11) is 1.70. The van der Waals surface area contributed by atoms with E-state index in [4.69, 9.17) is 19.9 Å². The fourth-order valence-corrected chi connectivity index (χ4v) is 2.44. The highest BCUT2D eigenvalue weighted by Crippen LogP contribution is 2.34. The van der Waals surface area contributed by atoms with E-state index in [1.165, 1.54) is 17.8 Å². The maximum atomic E-state index is 12.4. The molecule has 8 nitrogen and oxygen atoms in total. The lowest BCUT2D eigenvalue weighted by Gasteiger charge is -2.11. The van der Waals surface area contributed by atoms with Crippen molar-refractivity contribution in [1.82, 2.24) is 9.78 Å². The molecule has 25 heavy (non-hydrogen) atoms. The minimum absolute atomic E-state index is 0.241. The van der Waals surface area contributed by atoms with E-state index >= 15 is 0 Å². The molecule has 1 aromatic heterocycles. The molecule has 2 N–H and O–H groups in total. The number of hydrogen-bond acceptors (Lipinski definition) is 6. The highest BCUT2D eigenvalue weighted by molar-refractivity contribution is 5.97. The van der Waals surface area contributed by atoms with Gasteiger partial charge in [-0.1, -0.05) is 0 Å². The molecule has 0 radical (unpaired) electrons. The van der Waals surface area contributed by atoms with Crippen LogP contribution in [0.25, 0.3) is 11.3 Å². The number of nitrogens with two attached hydrogens (primary N) is 1. The number of aromatic nitrogens is 2. The standard InChI is InChI=1S/C17H19N3O5/c1-10(16(18)21)25-17(22)12-9-20(2)19-15(12)11-4-5-13-14(8-11)24-7-3-6-23-13/h4-5,8-10H,3,6-7H2,1-2H3,(H2,18,21)/t10-/m0/s1. The molecular formula is C17H19N3O5. The normalized spacial score (nSPS) is 14.5. The number of hydrogen-bond donors (Lipinski definition) is 1. The average molecular weight is 345 g/mol. The first kappa shape index (κ1) is 16.8. The molecule has 3 rings (SSSR count). The minimum Gasteiger partial charge on any atom is -0.490 e. The Morgan fingerprint density at radius 1 is 1.28 bits per heavy atom. The van der Waals surface area contributed by atoms with Crippen molar-refractivity contribution >= 4 is 11.9 Å². The maximum absolute atomic E-state index is 12.4. The summed E-state index contributed by atoms with van der Waals surface area (Å²) in [6.07, 6.45) is 1.31. The molecule has 0 bridgehead atoms. The summed E-state index contributed by atoms with van der Waals surface area (Å²) >= 11 is 0. The molecule has 1 aliphatic rings. The molecule has 0 fully saturated rings. The molecule has 2 heterocycles. The van der Waals surface area contributed by atoms with Crippen molar-refractivity contribution in [1.29, 1.82) is 0 Å². The van der Waals surface area contributed by atoms with Crippen molar-refractivity contribution in [2.45, 2.75) is 19.4 Å². The SMILES string of the molecule is C[C@H](OC(=O)c1cn(C)nc1-c1ccc2c(c1)OCCCO2)C(N)=O. The zero-order valence-corrected chi connectivity index (χ0v) is 14.0. The molecule has 0 saturated heterocycles. The first-order valence-corrected chi connectivity index (χ1v) is 7.89. The highest BCUT2D eigenvalue weighted by Gasteiger charge is 2.23. The number of benzene rings is 1. The summed E-state index contributed by atoms with van der Waals surface area (Å²) in [6.45, 7) is 2.58. The third-order valence-electron chi connectivity index (χ3n) is 3.75. The number of carbonyl (C=O) groups excluding carboxylic acids is 2. The smallest absolute Gasteiger partial charge is 0.342 e. The van der Waals surface area contributed by atoms with Gasteiger partial charge in [-0.15, -0.1) is 0 Å². The lowest BCUT2D eigenvalue weighted by Crippen LogP contribution is -2.30. The number of esters is 1. The van der Waals surface area contributed by atoms with Crippen molar-refractivity contribution in [3.8, 4) is 22.8 Å². The van der Waals surface area contributed by atoms with Gasteiger partial charge in [0.1, 0.15) is 11.3 Å². The van der Waals surface area contributed by atoms with Gasteiger partial charge in [0.15, 0.2) is 17.6 Å². The number of carbonyl (C=O) groups is 2. The second kappa shape index (κ2) is 6.84. The van der Waals surface area contributed by atoms with Crippen LogP contribution in [0, 0.1) is 0 Å². The van der Waals surface area contributed by atoms with E-state index in [0.717, 1.165) is 6.42 Å². The van der Waals surface area contributed by atoms with Gasteiger partial charge < -0.3 is 19.9 Å². The van der Waals surface area contributed by atoms with Gasteiger partial charge in [0.2, 0.25) is 0 Å². The monoisotopic (exact) mass is 345 g/mol. The fourth-order valence-electron chi connectivity index (χ4n) is 2.44. The van der Waals surface area contributed by atoms with E-state index in [9.17, 15) is 9.59 Å². The molecule has 1 atom stereocenters. The summed E-state index contributed by atoms with van der Waals surface area (Å²) in [5.74, 6) is -0.120. The van der Waals surface area contributed by atoms with Crippen LogP contribution in [-0.2, 0) is 16.6 Å². The molecule has 132 valence electrons. The second-order valence-electron chi connectivity index (χ2n) is 5.73. The molecular weight excluding hydrogens is 326 g/mol. The highest BCUT2D eigenvalue weighted by atomic mass is 16.5. The van der Waals surface area contributed by atoms with Crippen LogP contribution in [0.5, 0.6) is 11.5 Å². The number of ether oxygens (including phenoxy) is 3. The summed E-state index contributed by atoms with van der Waals surface area (Å²) in [6, 6.07) is 5.35. The molecule has 0 spiro atoms. The number of amides is 1. The number of fused-ring (bicyclic) bond motifs is 1. The minimum atomic E-state index is -1.02. The van der Waals surface area contributed by atoms with Crippen molar-refractivity contribution in [2.75, 3.05) is 13.2 Å². The van der Waals surface area contributed by atoms with Gasteiger partial charge >= 0.3 is 5.97 Å².